The SMILES string of the molecule is CCC(C)Oc1cccc(C(=O)Nc2ccc(N3CCN(C(=O)C(F)(F)F)CC3)cc2)c1. The fourth-order valence-electron chi connectivity index (χ4n) is 3.33. The average Bonchev–Trinajstić information content (AvgIpc) is 2.78. The standard InChI is InChI=1S/C23H26F3N3O3/c1-3-16(2)32-20-6-4-5-17(15-20)21(30)27-18-7-9-19(10-8-18)28-11-13-29(14-12-28)22(31)23(24,25)26/h4-10,15-16H,3,11-14H2,1-2H3,(H,27,30). The molecule has 32 heavy (non-hydrogen) atoms. The van der Waals surface area contributed by atoms with Gasteiger partial charge in [-0.25, -0.2) is 0 Å². The summed E-state index contributed by atoms with van der Waals surface area (Å²) < 4.78 is 43.5. The highest BCUT2D eigenvalue weighted by molar-refractivity contribution is 6.04. The quantitative estimate of drug-likeness (QED) is 0.713. The third kappa shape index (κ3) is 5.93. The van der Waals surface area contributed by atoms with E-state index in [2.05, 4.69) is 5.32 Å². The number of nitrogens with one attached hydrogen (secondary N) is 1. The van der Waals surface area contributed by atoms with E-state index in [1.165, 1.54) is 0 Å². The van der Waals surface area contributed by atoms with E-state index in [0.717, 1.165) is 17.0 Å². The van der Waals surface area contributed by atoms with Crippen molar-refractivity contribution >= 4 is 23.2 Å². The van der Waals surface area contributed by atoms with Gasteiger partial charge in [0.1, 0.15) is 5.75 Å². The molecular formula is C23H26F3N3O3. The number of hydrogen-bond donors (Lipinski definition) is 1. The number of benzene rings is 2. The molecule has 0 aromatic heterocycles. The van der Waals surface area contributed by atoms with Crippen molar-refractivity contribution in [3.8, 4) is 5.75 Å². The van der Waals surface area contributed by atoms with E-state index in [4.69, 9.17) is 4.74 Å². The minimum Gasteiger partial charge on any atom is -0.491 e. The topological polar surface area (TPSA) is 61.9 Å². The lowest BCUT2D eigenvalue weighted by atomic mass is 10.2. The van der Waals surface area contributed by atoms with Crippen LogP contribution in [0.5, 0.6) is 5.75 Å². The molecule has 1 atom stereocenters. The molecule has 1 saturated heterocycles. The molecule has 172 valence electrons. The van der Waals surface area contributed by atoms with E-state index in [9.17, 15) is 22.8 Å². The van der Waals surface area contributed by atoms with Crippen LogP contribution in [0.4, 0.5) is 24.5 Å². The van der Waals surface area contributed by atoms with Gasteiger partial charge in [-0.2, -0.15) is 13.2 Å². The second-order valence-corrected chi connectivity index (χ2v) is 7.64. The summed E-state index contributed by atoms with van der Waals surface area (Å²) in [6.45, 7) is 4.60. The van der Waals surface area contributed by atoms with Gasteiger partial charge in [0.25, 0.3) is 5.91 Å². The largest absolute Gasteiger partial charge is 0.491 e. The van der Waals surface area contributed by atoms with Gasteiger partial charge in [0, 0.05) is 43.1 Å². The summed E-state index contributed by atoms with van der Waals surface area (Å²) in [7, 11) is 0. The van der Waals surface area contributed by atoms with Crippen LogP contribution in [0.25, 0.3) is 0 Å². The zero-order chi connectivity index (χ0) is 23.3. The lowest BCUT2D eigenvalue weighted by Crippen LogP contribution is -2.52. The molecule has 0 radical (unpaired) electrons. The summed E-state index contributed by atoms with van der Waals surface area (Å²) in [5, 5.41) is 2.83. The van der Waals surface area contributed by atoms with E-state index >= 15 is 0 Å². The summed E-state index contributed by atoms with van der Waals surface area (Å²) in [5.74, 6) is -1.44. The smallest absolute Gasteiger partial charge is 0.471 e. The summed E-state index contributed by atoms with van der Waals surface area (Å²) >= 11 is 0. The van der Waals surface area contributed by atoms with Crippen molar-refractivity contribution in [3.63, 3.8) is 0 Å². The number of piperazine rings is 1. The first-order chi connectivity index (χ1) is 15.2. The number of carbonyl (C=O) groups is 2. The first-order valence-corrected chi connectivity index (χ1v) is 10.5. The van der Waals surface area contributed by atoms with Crippen LogP contribution in [0.15, 0.2) is 48.5 Å². The zero-order valence-corrected chi connectivity index (χ0v) is 18.0. The summed E-state index contributed by atoms with van der Waals surface area (Å²) in [6, 6.07) is 14.0. The Morgan fingerprint density at radius 1 is 1.06 bits per heavy atom. The number of carbonyl (C=O) groups excluding carboxylic acids is 2. The molecule has 1 fully saturated rings. The van der Waals surface area contributed by atoms with Gasteiger partial charge in [-0.05, 0) is 55.8 Å². The lowest BCUT2D eigenvalue weighted by Gasteiger charge is -2.36. The molecule has 1 N–H and O–H groups in total. The Balaban J connectivity index is 1.57. The second-order valence-electron chi connectivity index (χ2n) is 7.64. The average molecular weight is 449 g/mol. The highest BCUT2D eigenvalue weighted by atomic mass is 19.4. The van der Waals surface area contributed by atoms with E-state index in [1.54, 1.807) is 48.5 Å². The number of ether oxygens (including phenoxy) is 1. The third-order valence-corrected chi connectivity index (χ3v) is 5.31. The highest BCUT2D eigenvalue weighted by Gasteiger charge is 2.43. The maximum atomic E-state index is 12.6. The first-order valence-electron chi connectivity index (χ1n) is 10.5. The van der Waals surface area contributed by atoms with Crippen molar-refractivity contribution in [2.24, 2.45) is 0 Å². The minimum atomic E-state index is -4.85. The Hall–Kier alpha value is -3.23. The minimum absolute atomic E-state index is 0.00584. The Bertz CT molecular complexity index is 939. The Morgan fingerprint density at radius 2 is 1.72 bits per heavy atom. The van der Waals surface area contributed by atoms with Gasteiger partial charge >= 0.3 is 12.1 Å². The summed E-state index contributed by atoms with van der Waals surface area (Å²) in [6.07, 6.45) is -3.94. The molecule has 2 amide bonds. The van der Waals surface area contributed by atoms with Crippen molar-refractivity contribution in [1.82, 2.24) is 4.90 Å². The number of rotatable bonds is 6. The van der Waals surface area contributed by atoms with E-state index in [-0.39, 0.29) is 25.1 Å². The molecule has 3 rings (SSSR count). The number of amides is 2. The van der Waals surface area contributed by atoms with Crippen LogP contribution < -0.4 is 15.0 Å². The van der Waals surface area contributed by atoms with Gasteiger partial charge in [0.15, 0.2) is 0 Å². The molecule has 1 aliphatic rings. The number of hydrogen-bond acceptors (Lipinski definition) is 4. The Labute approximate surface area is 184 Å². The normalized spacial score (nSPS) is 15.3. The van der Waals surface area contributed by atoms with Crippen molar-refractivity contribution in [2.75, 3.05) is 36.4 Å². The van der Waals surface area contributed by atoms with Crippen LogP contribution in [-0.4, -0.2) is 55.2 Å². The van der Waals surface area contributed by atoms with Crippen molar-refractivity contribution in [3.05, 3.63) is 54.1 Å². The van der Waals surface area contributed by atoms with Gasteiger partial charge < -0.3 is 19.9 Å². The van der Waals surface area contributed by atoms with Crippen molar-refractivity contribution in [2.45, 2.75) is 32.5 Å². The Morgan fingerprint density at radius 3 is 2.31 bits per heavy atom. The summed E-state index contributed by atoms with van der Waals surface area (Å²) in [4.78, 5) is 26.7. The first kappa shape index (κ1) is 23.4. The molecule has 6 nitrogen and oxygen atoms in total. The van der Waals surface area contributed by atoms with Crippen LogP contribution in [0.3, 0.4) is 0 Å². The van der Waals surface area contributed by atoms with Crippen LogP contribution in [0.1, 0.15) is 30.6 Å². The zero-order valence-electron chi connectivity index (χ0n) is 18.0. The van der Waals surface area contributed by atoms with E-state index < -0.39 is 12.1 Å². The monoisotopic (exact) mass is 449 g/mol. The molecule has 1 heterocycles. The molecule has 1 unspecified atom stereocenters. The molecule has 0 aliphatic carbocycles. The Kier molecular flexibility index (Phi) is 7.27. The number of halogens is 3. The summed E-state index contributed by atoms with van der Waals surface area (Å²) in [5.41, 5.74) is 1.88. The molecule has 2 aromatic rings. The van der Waals surface area contributed by atoms with Gasteiger partial charge in [0.2, 0.25) is 0 Å². The fourth-order valence-corrected chi connectivity index (χ4v) is 3.33. The number of alkyl halides is 3. The van der Waals surface area contributed by atoms with Crippen molar-refractivity contribution < 1.29 is 27.5 Å². The van der Waals surface area contributed by atoms with Gasteiger partial charge in [-0.15, -0.1) is 0 Å². The highest BCUT2D eigenvalue weighted by Crippen LogP contribution is 2.23. The van der Waals surface area contributed by atoms with Crippen LogP contribution in [0, 0.1) is 0 Å². The van der Waals surface area contributed by atoms with E-state index in [1.807, 2.05) is 18.7 Å². The molecule has 9 heteroatoms. The predicted octanol–water partition coefficient (Wildman–Crippen LogP) is 4.33. The molecule has 0 spiro atoms. The van der Waals surface area contributed by atoms with Crippen LogP contribution in [-0.2, 0) is 4.79 Å². The van der Waals surface area contributed by atoms with Crippen LogP contribution in [0.2, 0.25) is 0 Å². The van der Waals surface area contributed by atoms with E-state index in [0.29, 0.717) is 30.1 Å². The molecule has 0 bridgehead atoms. The van der Waals surface area contributed by atoms with Gasteiger partial charge in [0.05, 0.1) is 6.10 Å². The van der Waals surface area contributed by atoms with Crippen molar-refractivity contribution in [1.29, 1.82) is 0 Å². The van der Waals surface area contributed by atoms with Gasteiger partial charge in [-0.3, -0.25) is 9.59 Å². The molecular weight excluding hydrogens is 423 g/mol. The van der Waals surface area contributed by atoms with Crippen LogP contribution >= 0.6 is 0 Å². The number of anilines is 2. The molecule has 0 saturated carbocycles. The maximum absolute atomic E-state index is 12.6. The predicted molar refractivity (Wildman–Crippen MR) is 116 cm³/mol. The lowest BCUT2D eigenvalue weighted by molar-refractivity contribution is -0.185. The maximum Gasteiger partial charge on any atom is 0.471 e. The second kappa shape index (κ2) is 9.93. The molecule has 1 aliphatic heterocycles. The number of nitrogens with zero attached hydrogens (tertiary/aromatic N) is 2. The molecule has 2 aromatic carbocycles. The third-order valence-electron chi connectivity index (χ3n) is 5.31. The van der Waals surface area contributed by atoms with Gasteiger partial charge in [-0.1, -0.05) is 13.0 Å². The fraction of sp³-hybridized carbons (Fsp3) is 0.391.